The fraction of sp³-hybridized carbons (Fsp3) is 0.360. The first-order chi connectivity index (χ1) is 15.5. The molecule has 0 N–H and O–H groups in total. The molecule has 2 aliphatic heterocycles. The summed E-state index contributed by atoms with van der Waals surface area (Å²) in [4.78, 5) is 30.1. The molecule has 0 aliphatic carbocycles. The molecular formula is C25H27FN2O4. The summed E-state index contributed by atoms with van der Waals surface area (Å²) in [6.45, 7) is 1.72. The summed E-state index contributed by atoms with van der Waals surface area (Å²) in [5.74, 6) is 0.232. The van der Waals surface area contributed by atoms with Crippen LogP contribution in [0.25, 0.3) is 5.57 Å². The van der Waals surface area contributed by atoms with Crippen molar-refractivity contribution in [1.29, 1.82) is 0 Å². The van der Waals surface area contributed by atoms with Gasteiger partial charge in [0.05, 0.1) is 19.8 Å². The number of carbonyl (C=O) groups is 2. The van der Waals surface area contributed by atoms with E-state index in [2.05, 4.69) is 0 Å². The summed E-state index contributed by atoms with van der Waals surface area (Å²) in [6, 6.07) is 11.3. The van der Waals surface area contributed by atoms with Gasteiger partial charge < -0.3 is 14.4 Å². The summed E-state index contributed by atoms with van der Waals surface area (Å²) in [7, 11) is 3.14. The first kappa shape index (κ1) is 21.9. The van der Waals surface area contributed by atoms with E-state index >= 15 is 0 Å². The molecule has 0 aromatic heterocycles. The van der Waals surface area contributed by atoms with Crippen molar-refractivity contribution in [3.05, 3.63) is 65.1 Å². The van der Waals surface area contributed by atoms with E-state index < -0.39 is 0 Å². The van der Waals surface area contributed by atoms with Crippen LogP contribution in [0.5, 0.6) is 11.5 Å². The number of carbonyl (C=O) groups excluding carboxylic acids is 2. The molecule has 2 aromatic rings. The monoisotopic (exact) mass is 438 g/mol. The number of benzene rings is 2. The largest absolute Gasteiger partial charge is 0.493 e. The van der Waals surface area contributed by atoms with Gasteiger partial charge in [-0.2, -0.15) is 0 Å². The molecule has 32 heavy (non-hydrogen) atoms. The van der Waals surface area contributed by atoms with Crippen LogP contribution in [0.4, 0.5) is 4.39 Å². The van der Waals surface area contributed by atoms with Crippen LogP contribution >= 0.6 is 0 Å². The van der Waals surface area contributed by atoms with E-state index in [4.69, 9.17) is 9.47 Å². The lowest BCUT2D eigenvalue weighted by Gasteiger charge is -2.29. The van der Waals surface area contributed by atoms with Gasteiger partial charge in [0.2, 0.25) is 0 Å². The zero-order chi connectivity index (χ0) is 22.7. The molecule has 6 nitrogen and oxygen atoms in total. The van der Waals surface area contributed by atoms with Crippen molar-refractivity contribution in [1.82, 2.24) is 9.80 Å². The Morgan fingerprint density at radius 1 is 0.875 bits per heavy atom. The summed E-state index contributed by atoms with van der Waals surface area (Å²) in [5, 5.41) is 0. The number of hydrogen-bond acceptors (Lipinski definition) is 5. The van der Waals surface area contributed by atoms with E-state index in [9.17, 15) is 14.0 Å². The van der Waals surface area contributed by atoms with E-state index in [1.54, 1.807) is 26.4 Å². The number of hydrogen-bond donors (Lipinski definition) is 0. The number of ether oxygens (including phenoxy) is 2. The van der Waals surface area contributed by atoms with Crippen molar-refractivity contribution in [2.45, 2.75) is 25.7 Å². The molecule has 2 aromatic carbocycles. The Hall–Kier alpha value is -3.35. The van der Waals surface area contributed by atoms with Gasteiger partial charge in [-0.15, -0.1) is 0 Å². The predicted molar refractivity (Wildman–Crippen MR) is 119 cm³/mol. The molecule has 2 aliphatic rings. The smallest absolute Gasteiger partial charge is 0.277 e. The van der Waals surface area contributed by atoms with Gasteiger partial charge in [0.15, 0.2) is 11.5 Å². The molecule has 2 amide bonds. The zero-order valence-electron chi connectivity index (χ0n) is 18.4. The Labute approximate surface area is 187 Å². The zero-order valence-corrected chi connectivity index (χ0v) is 18.4. The molecule has 0 unspecified atom stereocenters. The minimum atomic E-state index is -0.379. The van der Waals surface area contributed by atoms with Crippen LogP contribution < -0.4 is 9.47 Å². The number of methoxy groups -OCH3 is 2. The van der Waals surface area contributed by atoms with Crippen molar-refractivity contribution >= 4 is 17.4 Å². The standard InChI is InChI=1S/C25H27FN2O4/c1-31-20-11-6-17(16-21(20)32-2)12-15-28-24(29)22(18-7-9-19(26)10-8-18)23(25(28)30)27-13-4-3-5-14-27/h6-11,16H,3-5,12-15H2,1-2H3. The van der Waals surface area contributed by atoms with Gasteiger partial charge in [-0.1, -0.05) is 18.2 Å². The topological polar surface area (TPSA) is 59.1 Å². The first-order valence-corrected chi connectivity index (χ1v) is 10.9. The van der Waals surface area contributed by atoms with Crippen molar-refractivity contribution < 1.29 is 23.5 Å². The highest BCUT2D eigenvalue weighted by Crippen LogP contribution is 2.34. The SMILES string of the molecule is COc1ccc(CCN2C(=O)C(c3ccc(F)cc3)=C(N3CCCCC3)C2=O)cc1OC. The Balaban J connectivity index is 1.60. The second-order valence-corrected chi connectivity index (χ2v) is 7.98. The molecule has 0 bridgehead atoms. The van der Waals surface area contributed by atoms with E-state index in [0.29, 0.717) is 34.8 Å². The molecule has 4 rings (SSSR count). The van der Waals surface area contributed by atoms with Crippen molar-refractivity contribution in [3.63, 3.8) is 0 Å². The Morgan fingerprint density at radius 3 is 2.22 bits per heavy atom. The first-order valence-electron chi connectivity index (χ1n) is 10.9. The maximum absolute atomic E-state index is 13.5. The third kappa shape index (κ3) is 4.20. The lowest BCUT2D eigenvalue weighted by Crippen LogP contribution is -2.38. The number of rotatable bonds is 7. The van der Waals surface area contributed by atoms with Gasteiger partial charge in [-0.25, -0.2) is 4.39 Å². The number of imide groups is 1. The molecule has 1 fully saturated rings. The highest BCUT2D eigenvalue weighted by atomic mass is 19.1. The summed E-state index contributed by atoms with van der Waals surface area (Å²) in [6.07, 6.45) is 3.56. The molecule has 168 valence electrons. The molecule has 0 atom stereocenters. The average molecular weight is 438 g/mol. The van der Waals surface area contributed by atoms with Gasteiger partial charge in [0.1, 0.15) is 11.5 Å². The third-order valence-corrected chi connectivity index (χ3v) is 6.02. The van der Waals surface area contributed by atoms with E-state index in [0.717, 1.165) is 37.9 Å². The van der Waals surface area contributed by atoms with Crippen LogP contribution in [0.3, 0.4) is 0 Å². The molecule has 7 heteroatoms. The Kier molecular flexibility index (Phi) is 6.44. The van der Waals surface area contributed by atoms with Crippen LogP contribution in [-0.2, 0) is 16.0 Å². The number of piperidine rings is 1. The number of halogens is 1. The second kappa shape index (κ2) is 9.42. The number of amides is 2. The van der Waals surface area contributed by atoms with Crippen LogP contribution in [0.1, 0.15) is 30.4 Å². The molecule has 1 saturated heterocycles. The van der Waals surface area contributed by atoms with Gasteiger partial charge in [-0.3, -0.25) is 14.5 Å². The van der Waals surface area contributed by atoms with Crippen molar-refractivity contribution in [2.75, 3.05) is 33.9 Å². The fourth-order valence-electron chi connectivity index (χ4n) is 4.33. The fourth-order valence-corrected chi connectivity index (χ4v) is 4.33. The summed E-state index contributed by atoms with van der Waals surface area (Å²) >= 11 is 0. The predicted octanol–water partition coefficient (Wildman–Crippen LogP) is 3.65. The minimum Gasteiger partial charge on any atom is -0.493 e. The third-order valence-electron chi connectivity index (χ3n) is 6.02. The molecule has 0 radical (unpaired) electrons. The average Bonchev–Trinajstić information content (AvgIpc) is 3.08. The molecule has 2 heterocycles. The second-order valence-electron chi connectivity index (χ2n) is 7.98. The lowest BCUT2D eigenvalue weighted by atomic mass is 10.0. The van der Waals surface area contributed by atoms with Crippen LogP contribution in [0, 0.1) is 5.82 Å². The van der Waals surface area contributed by atoms with E-state index in [-0.39, 0.29) is 24.2 Å². The van der Waals surface area contributed by atoms with E-state index in [1.165, 1.54) is 17.0 Å². The van der Waals surface area contributed by atoms with Crippen LogP contribution in [-0.4, -0.2) is 55.5 Å². The van der Waals surface area contributed by atoms with Gasteiger partial charge >= 0.3 is 0 Å². The summed E-state index contributed by atoms with van der Waals surface area (Å²) < 4.78 is 24.1. The van der Waals surface area contributed by atoms with Crippen molar-refractivity contribution in [2.24, 2.45) is 0 Å². The Morgan fingerprint density at radius 2 is 1.56 bits per heavy atom. The number of likely N-dealkylation sites (tertiary alicyclic amines) is 1. The van der Waals surface area contributed by atoms with Crippen molar-refractivity contribution in [3.8, 4) is 11.5 Å². The minimum absolute atomic E-state index is 0.245. The molecule has 0 spiro atoms. The van der Waals surface area contributed by atoms with Gasteiger partial charge in [0, 0.05) is 19.6 Å². The van der Waals surface area contributed by atoms with Crippen LogP contribution in [0.2, 0.25) is 0 Å². The maximum atomic E-state index is 13.5. The lowest BCUT2D eigenvalue weighted by molar-refractivity contribution is -0.137. The molecular weight excluding hydrogens is 411 g/mol. The highest BCUT2D eigenvalue weighted by molar-refractivity contribution is 6.35. The highest BCUT2D eigenvalue weighted by Gasteiger charge is 2.41. The van der Waals surface area contributed by atoms with Crippen LogP contribution in [0.15, 0.2) is 48.2 Å². The summed E-state index contributed by atoms with van der Waals surface area (Å²) in [5.41, 5.74) is 2.30. The van der Waals surface area contributed by atoms with Gasteiger partial charge in [-0.05, 0) is 61.1 Å². The molecule has 0 saturated carbocycles. The maximum Gasteiger partial charge on any atom is 0.277 e. The quantitative estimate of drug-likeness (QED) is 0.618. The normalized spacial score (nSPS) is 16.7. The van der Waals surface area contributed by atoms with E-state index in [1.807, 2.05) is 23.1 Å². The number of nitrogens with zero attached hydrogens (tertiary/aromatic N) is 2. The Bertz CT molecular complexity index is 1040. The van der Waals surface area contributed by atoms with Gasteiger partial charge in [0.25, 0.3) is 11.8 Å².